The molecule has 2 aliphatic rings. The molecule has 9 rings (SSSR count). The van der Waals surface area contributed by atoms with Crippen LogP contribution in [0.4, 0.5) is 11.4 Å². The largest absolute Gasteiger partial charge is 0.457 e. The minimum absolute atomic E-state index is 0.000629. The van der Waals surface area contributed by atoms with E-state index in [0.29, 0.717) is 28.4 Å². The van der Waals surface area contributed by atoms with Crippen LogP contribution in [0.5, 0.6) is 11.5 Å². The molecule has 204 valence electrons. The Morgan fingerprint density at radius 1 is 0.535 bits per heavy atom. The molecule has 43 heavy (non-hydrogen) atoms. The lowest BCUT2D eigenvalue weighted by molar-refractivity contribution is 0.434. The average Bonchev–Trinajstić information content (AvgIpc) is 3.05. The Labute approximate surface area is 247 Å². The van der Waals surface area contributed by atoms with Gasteiger partial charge in [-0.25, -0.2) is 0 Å². The Kier molecular flexibility index (Phi) is 5.00. The van der Waals surface area contributed by atoms with E-state index in [0.717, 1.165) is 45.1 Å². The van der Waals surface area contributed by atoms with E-state index in [-0.39, 0.29) is 5.43 Å². The molecule has 1 aromatic heterocycles. The summed E-state index contributed by atoms with van der Waals surface area (Å²) in [6.07, 6.45) is 0.674. The molecule has 4 nitrogen and oxygen atoms in total. The Morgan fingerprint density at radius 2 is 1.14 bits per heavy atom. The monoisotopic (exact) mass is 555 g/mol. The summed E-state index contributed by atoms with van der Waals surface area (Å²) in [4.78, 5) is 13.4. The molecule has 0 radical (unpaired) electrons. The predicted octanol–water partition coefficient (Wildman–Crippen LogP) is 9.08. The van der Waals surface area contributed by atoms with Crippen LogP contribution >= 0.6 is 0 Å². The van der Waals surface area contributed by atoms with Crippen LogP contribution in [0.2, 0.25) is 0 Å². The number of nitrogens with one attached hydrogen (secondary N) is 1. The van der Waals surface area contributed by atoms with Crippen molar-refractivity contribution < 1.29 is 9.15 Å². The number of ether oxygens (including phenoxy) is 1. The van der Waals surface area contributed by atoms with Crippen LogP contribution in [0.25, 0.3) is 21.9 Å². The van der Waals surface area contributed by atoms with Crippen molar-refractivity contribution in [3.8, 4) is 11.5 Å². The third-order valence-corrected chi connectivity index (χ3v) is 8.94. The van der Waals surface area contributed by atoms with Gasteiger partial charge >= 0.3 is 0 Å². The number of fused-ring (bicyclic) bond motifs is 10. The van der Waals surface area contributed by atoms with Gasteiger partial charge in [0.1, 0.15) is 22.7 Å². The highest BCUT2D eigenvalue weighted by Gasteiger charge is 2.49. The molecule has 0 saturated carbocycles. The molecular formula is C39H25NO3. The zero-order valence-corrected chi connectivity index (χ0v) is 23.1. The van der Waals surface area contributed by atoms with Crippen molar-refractivity contribution in [3.05, 3.63) is 177 Å². The third-order valence-electron chi connectivity index (χ3n) is 8.94. The van der Waals surface area contributed by atoms with Gasteiger partial charge in [-0.2, -0.15) is 0 Å². The zero-order chi connectivity index (χ0) is 28.5. The van der Waals surface area contributed by atoms with Gasteiger partial charge in [0.05, 0.1) is 16.2 Å². The van der Waals surface area contributed by atoms with Gasteiger partial charge in [-0.1, -0.05) is 84.9 Å². The molecule has 6 aromatic carbocycles. The van der Waals surface area contributed by atoms with Crippen molar-refractivity contribution in [2.75, 3.05) is 5.32 Å². The first-order valence-corrected chi connectivity index (χ1v) is 14.5. The summed E-state index contributed by atoms with van der Waals surface area (Å²) in [5, 5.41) is 4.93. The number of hydrogen-bond donors (Lipinski definition) is 1. The van der Waals surface area contributed by atoms with Crippen LogP contribution in [-0.2, 0) is 11.8 Å². The number of para-hydroxylation sites is 4. The molecule has 1 spiro atoms. The summed E-state index contributed by atoms with van der Waals surface area (Å²) in [5.74, 6) is 1.73. The molecule has 0 bridgehead atoms. The molecule has 0 unspecified atom stereocenters. The van der Waals surface area contributed by atoms with E-state index in [1.54, 1.807) is 0 Å². The Balaban J connectivity index is 1.25. The molecule has 7 aromatic rings. The lowest BCUT2D eigenvalue weighted by Gasteiger charge is -2.45. The van der Waals surface area contributed by atoms with Crippen LogP contribution in [0, 0.1) is 0 Å². The second kappa shape index (κ2) is 8.94. The van der Waals surface area contributed by atoms with Crippen molar-refractivity contribution in [1.82, 2.24) is 0 Å². The van der Waals surface area contributed by atoms with E-state index >= 15 is 0 Å². The van der Waals surface area contributed by atoms with Crippen molar-refractivity contribution in [2.24, 2.45) is 0 Å². The van der Waals surface area contributed by atoms with Gasteiger partial charge in [0.15, 0.2) is 0 Å². The molecule has 2 aliphatic heterocycles. The van der Waals surface area contributed by atoms with Crippen molar-refractivity contribution in [2.45, 2.75) is 11.8 Å². The van der Waals surface area contributed by atoms with Crippen LogP contribution in [0.1, 0.15) is 33.4 Å². The molecule has 4 heteroatoms. The van der Waals surface area contributed by atoms with E-state index in [1.807, 2.05) is 48.5 Å². The lowest BCUT2D eigenvalue weighted by Crippen LogP contribution is -2.37. The molecule has 3 heterocycles. The van der Waals surface area contributed by atoms with E-state index < -0.39 is 5.41 Å². The fraction of sp³-hybridized carbons (Fsp3) is 0.0513. The van der Waals surface area contributed by atoms with E-state index in [2.05, 4.69) is 90.2 Å². The van der Waals surface area contributed by atoms with Gasteiger partial charge < -0.3 is 14.5 Å². The maximum absolute atomic E-state index is 13.4. The summed E-state index contributed by atoms with van der Waals surface area (Å²) < 4.78 is 12.5. The molecule has 0 atom stereocenters. The van der Waals surface area contributed by atoms with Gasteiger partial charge in [0.2, 0.25) is 5.43 Å². The topological polar surface area (TPSA) is 51.5 Å². The summed E-state index contributed by atoms with van der Waals surface area (Å²) in [7, 11) is 0. The summed E-state index contributed by atoms with van der Waals surface area (Å²) >= 11 is 0. The van der Waals surface area contributed by atoms with E-state index in [4.69, 9.17) is 9.15 Å². The first-order valence-electron chi connectivity index (χ1n) is 14.5. The van der Waals surface area contributed by atoms with Gasteiger partial charge in [-0.05, 0) is 77.2 Å². The Hall–Kier alpha value is -5.61. The summed E-state index contributed by atoms with van der Waals surface area (Å²) in [5.41, 5.74) is 9.63. The van der Waals surface area contributed by atoms with Gasteiger partial charge in [0, 0.05) is 22.5 Å². The number of anilines is 2. The molecule has 0 saturated heterocycles. The number of hydrogen-bond acceptors (Lipinski definition) is 4. The lowest BCUT2D eigenvalue weighted by atomic mass is 9.61. The van der Waals surface area contributed by atoms with Gasteiger partial charge in [-0.15, -0.1) is 0 Å². The smallest absolute Gasteiger partial charge is 0.200 e. The second-order valence-electron chi connectivity index (χ2n) is 11.3. The zero-order valence-electron chi connectivity index (χ0n) is 23.1. The first kappa shape index (κ1) is 24.0. The van der Waals surface area contributed by atoms with Gasteiger partial charge in [-0.3, -0.25) is 4.79 Å². The quantitative estimate of drug-likeness (QED) is 0.216. The van der Waals surface area contributed by atoms with E-state index in [9.17, 15) is 4.79 Å². The second-order valence-corrected chi connectivity index (χ2v) is 11.3. The van der Waals surface area contributed by atoms with Crippen LogP contribution < -0.4 is 15.5 Å². The molecule has 0 fully saturated rings. The number of benzene rings is 6. The normalized spacial score (nSPS) is 13.9. The molecular weight excluding hydrogens is 530 g/mol. The Morgan fingerprint density at radius 3 is 1.95 bits per heavy atom. The third kappa shape index (κ3) is 3.41. The SMILES string of the molecule is O=c1c2ccccc2oc2ccc(Cc3ccc4c(c3)C3(c5ccccc5N4)c4ccccc4Oc4ccccc43)cc12. The standard InChI is InChI=1S/C39H25NO3/c41-38-26-9-1-6-14-34(26)42-35-20-18-24(22-27(35)38)21-25-17-19-33-31(23-25)39(28-10-2-5-13-32(28)40-33)29-11-3-7-15-36(29)43-37-16-8-4-12-30(37)39/h1-20,22-23,40H,21H2. The van der Waals surface area contributed by atoms with Gasteiger partial charge in [0.25, 0.3) is 0 Å². The first-order chi connectivity index (χ1) is 21.2. The highest BCUT2D eigenvalue weighted by atomic mass is 16.5. The van der Waals surface area contributed by atoms with Crippen LogP contribution in [0.15, 0.2) is 143 Å². The predicted molar refractivity (Wildman–Crippen MR) is 171 cm³/mol. The van der Waals surface area contributed by atoms with Crippen molar-refractivity contribution in [3.63, 3.8) is 0 Å². The summed E-state index contributed by atoms with van der Waals surface area (Å²) in [6, 6.07) is 45.4. The molecule has 0 aliphatic carbocycles. The highest BCUT2D eigenvalue weighted by molar-refractivity contribution is 5.90. The van der Waals surface area contributed by atoms with Crippen LogP contribution in [-0.4, -0.2) is 0 Å². The van der Waals surface area contributed by atoms with Crippen molar-refractivity contribution in [1.29, 1.82) is 0 Å². The van der Waals surface area contributed by atoms with Crippen LogP contribution in [0.3, 0.4) is 0 Å². The molecule has 0 amide bonds. The van der Waals surface area contributed by atoms with E-state index in [1.165, 1.54) is 11.1 Å². The fourth-order valence-corrected chi connectivity index (χ4v) is 7.10. The maximum Gasteiger partial charge on any atom is 0.200 e. The Bertz CT molecular complexity index is 2210. The van der Waals surface area contributed by atoms with Crippen molar-refractivity contribution >= 4 is 33.3 Å². The summed E-state index contributed by atoms with van der Waals surface area (Å²) in [6.45, 7) is 0. The maximum atomic E-state index is 13.4. The minimum Gasteiger partial charge on any atom is -0.457 e. The highest BCUT2D eigenvalue weighted by Crippen LogP contribution is 2.60. The number of rotatable bonds is 2. The fourth-order valence-electron chi connectivity index (χ4n) is 7.10. The minimum atomic E-state index is -0.567. The average molecular weight is 556 g/mol. The molecule has 1 N–H and O–H groups in total.